The van der Waals surface area contributed by atoms with Crippen LogP contribution in [0.4, 0.5) is 11.4 Å². The van der Waals surface area contributed by atoms with E-state index in [4.69, 9.17) is 0 Å². The van der Waals surface area contributed by atoms with Gasteiger partial charge in [0.05, 0.1) is 17.9 Å². The zero-order valence-corrected chi connectivity index (χ0v) is 11.7. The Hall–Kier alpha value is -3.26. The van der Waals surface area contributed by atoms with Crippen LogP contribution in [0.2, 0.25) is 0 Å². The molecule has 0 atom stereocenters. The maximum absolute atomic E-state index is 11.7. The Balaban J connectivity index is 0.00000242. The summed E-state index contributed by atoms with van der Waals surface area (Å²) in [6.45, 7) is 0. The number of amides is 2. The molecule has 1 aromatic carbocycles. The average molecular weight is 302 g/mol. The number of benzene rings is 1. The quantitative estimate of drug-likeness (QED) is 0.702. The van der Waals surface area contributed by atoms with Crippen LogP contribution in [0.5, 0.6) is 0 Å². The zero-order valence-electron chi connectivity index (χ0n) is 11.7. The summed E-state index contributed by atoms with van der Waals surface area (Å²) in [6.07, 6.45) is 2.94. The van der Waals surface area contributed by atoms with Crippen molar-refractivity contribution < 1.29 is 19.5 Å². The second-order valence-corrected chi connectivity index (χ2v) is 4.01. The molecule has 2 rings (SSSR count). The van der Waals surface area contributed by atoms with Gasteiger partial charge in [0.15, 0.2) is 0 Å². The number of hydrogen-bond donors (Lipinski definition) is 3. The van der Waals surface area contributed by atoms with Crippen LogP contribution in [0, 0.1) is 0 Å². The second kappa shape index (κ2) is 7.50. The number of aromatic carboxylic acids is 1. The lowest BCUT2D eigenvalue weighted by molar-refractivity contribution is -0.255. The molecule has 22 heavy (non-hydrogen) atoms. The summed E-state index contributed by atoms with van der Waals surface area (Å²) in [5.41, 5.74) is 0.670. The van der Waals surface area contributed by atoms with Crippen molar-refractivity contribution in [3.8, 4) is 0 Å². The van der Waals surface area contributed by atoms with Gasteiger partial charge in [-0.2, -0.15) is 0 Å². The summed E-state index contributed by atoms with van der Waals surface area (Å²) in [5.74, 6) is -3.05. The lowest BCUT2D eigenvalue weighted by Crippen LogP contribution is -2.29. The fourth-order valence-corrected chi connectivity index (χ4v) is 1.50. The second-order valence-electron chi connectivity index (χ2n) is 4.01. The minimum absolute atomic E-state index is 0. The third-order valence-corrected chi connectivity index (χ3v) is 2.50. The van der Waals surface area contributed by atoms with Crippen LogP contribution in [-0.2, 0) is 9.59 Å². The smallest absolute Gasteiger partial charge is 0.314 e. The SMILES string of the molecule is O=C(Nc1ccc(C(=O)[O-])cc1)C(=O)Nc1cccnc1.[NH4+]. The first-order chi connectivity index (χ1) is 10.1. The van der Waals surface area contributed by atoms with E-state index in [2.05, 4.69) is 15.6 Å². The van der Waals surface area contributed by atoms with Gasteiger partial charge < -0.3 is 26.7 Å². The predicted molar refractivity (Wildman–Crippen MR) is 78.3 cm³/mol. The molecule has 6 N–H and O–H groups in total. The highest BCUT2D eigenvalue weighted by atomic mass is 16.4. The molecule has 8 nitrogen and oxygen atoms in total. The maximum Gasteiger partial charge on any atom is 0.314 e. The lowest BCUT2D eigenvalue weighted by atomic mass is 10.2. The highest BCUT2D eigenvalue weighted by Crippen LogP contribution is 2.09. The number of carboxylic acids is 1. The van der Waals surface area contributed by atoms with Gasteiger partial charge in [0.25, 0.3) is 0 Å². The first-order valence-corrected chi connectivity index (χ1v) is 5.90. The minimum atomic E-state index is -1.32. The minimum Gasteiger partial charge on any atom is -0.545 e. The molecule has 0 aliphatic heterocycles. The van der Waals surface area contributed by atoms with E-state index in [1.165, 1.54) is 36.7 Å². The van der Waals surface area contributed by atoms with Crippen LogP contribution in [-0.4, -0.2) is 22.8 Å². The van der Waals surface area contributed by atoms with E-state index in [0.717, 1.165) is 0 Å². The molecule has 8 heteroatoms. The van der Waals surface area contributed by atoms with Crippen molar-refractivity contribution in [3.63, 3.8) is 0 Å². The number of anilines is 2. The van der Waals surface area contributed by atoms with Crippen LogP contribution in [0.1, 0.15) is 10.4 Å². The summed E-state index contributed by atoms with van der Waals surface area (Å²) in [6, 6.07) is 8.47. The molecule has 0 saturated heterocycles. The number of nitrogens with one attached hydrogen (secondary N) is 2. The molecule has 2 amide bonds. The zero-order chi connectivity index (χ0) is 15.2. The number of carbonyl (C=O) groups excluding carboxylic acids is 3. The molecular weight excluding hydrogens is 288 g/mol. The summed E-state index contributed by atoms with van der Waals surface area (Å²) in [5, 5.41) is 15.3. The van der Waals surface area contributed by atoms with E-state index in [0.29, 0.717) is 11.4 Å². The fraction of sp³-hybridized carbons (Fsp3) is 0. The molecular formula is C14H14N4O4. The number of rotatable bonds is 3. The van der Waals surface area contributed by atoms with Crippen LogP contribution in [0.15, 0.2) is 48.8 Å². The van der Waals surface area contributed by atoms with Crippen molar-refractivity contribution in [2.24, 2.45) is 0 Å². The molecule has 0 fully saturated rings. The van der Waals surface area contributed by atoms with Crippen LogP contribution in [0.3, 0.4) is 0 Å². The maximum atomic E-state index is 11.7. The molecule has 114 valence electrons. The summed E-state index contributed by atoms with van der Waals surface area (Å²) >= 11 is 0. The predicted octanol–water partition coefficient (Wildman–Crippen LogP) is 0.398. The third kappa shape index (κ3) is 4.39. The highest BCUT2D eigenvalue weighted by Gasteiger charge is 2.13. The van der Waals surface area contributed by atoms with Crippen molar-refractivity contribution in [1.82, 2.24) is 11.1 Å². The van der Waals surface area contributed by atoms with Gasteiger partial charge in [-0.25, -0.2) is 0 Å². The molecule has 0 saturated carbocycles. The molecule has 0 radical (unpaired) electrons. The van der Waals surface area contributed by atoms with E-state index in [-0.39, 0.29) is 11.7 Å². The van der Waals surface area contributed by atoms with Crippen LogP contribution in [0.25, 0.3) is 0 Å². The van der Waals surface area contributed by atoms with Crippen LogP contribution >= 0.6 is 0 Å². The van der Waals surface area contributed by atoms with Gasteiger partial charge >= 0.3 is 11.8 Å². The summed E-state index contributed by atoms with van der Waals surface area (Å²) < 4.78 is 0. The highest BCUT2D eigenvalue weighted by molar-refractivity contribution is 6.43. The van der Waals surface area contributed by atoms with Crippen molar-refractivity contribution in [2.75, 3.05) is 10.6 Å². The van der Waals surface area contributed by atoms with Gasteiger partial charge in [0.1, 0.15) is 0 Å². The van der Waals surface area contributed by atoms with Crippen molar-refractivity contribution in [2.45, 2.75) is 0 Å². The Morgan fingerprint density at radius 2 is 1.50 bits per heavy atom. The largest absolute Gasteiger partial charge is 0.545 e. The number of quaternary nitrogens is 1. The lowest BCUT2D eigenvalue weighted by Gasteiger charge is -2.07. The number of pyridine rings is 1. The van der Waals surface area contributed by atoms with Crippen molar-refractivity contribution >= 4 is 29.2 Å². The molecule has 1 aromatic heterocycles. The molecule has 0 bridgehead atoms. The first-order valence-electron chi connectivity index (χ1n) is 5.90. The van der Waals surface area contributed by atoms with E-state index in [1.54, 1.807) is 12.1 Å². The molecule has 0 spiro atoms. The van der Waals surface area contributed by atoms with Gasteiger partial charge in [-0.15, -0.1) is 0 Å². The molecule has 0 aliphatic carbocycles. The Labute approximate surface area is 125 Å². The third-order valence-electron chi connectivity index (χ3n) is 2.50. The number of carbonyl (C=O) groups is 3. The Bertz CT molecular complexity index is 671. The monoisotopic (exact) mass is 302 g/mol. The Kier molecular flexibility index (Phi) is 5.73. The van der Waals surface area contributed by atoms with Crippen molar-refractivity contribution in [3.05, 3.63) is 54.4 Å². The normalized spacial score (nSPS) is 9.27. The van der Waals surface area contributed by atoms with E-state index < -0.39 is 17.8 Å². The van der Waals surface area contributed by atoms with Gasteiger partial charge in [-0.3, -0.25) is 14.6 Å². The van der Waals surface area contributed by atoms with Gasteiger partial charge in [0.2, 0.25) is 0 Å². The standard InChI is InChI=1S/C14H11N3O4.H3N/c18-12(13(19)17-11-2-1-7-15-8-11)16-10-5-3-9(4-6-10)14(20)21;/h1-8H,(H,16,18)(H,17,19)(H,20,21);1H3. The van der Waals surface area contributed by atoms with Gasteiger partial charge in [-0.1, -0.05) is 12.1 Å². The fourth-order valence-electron chi connectivity index (χ4n) is 1.50. The summed E-state index contributed by atoms with van der Waals surface area (Å²) in [7, 11) is 0. The first kappa shape index (κ1) is 16.8. The number of nitrogens with zero attached hydrogens (tertiary/aromatic N) is 1. The van der Waals surface area contributed by atoms with E-state index >= 15 is 0 Å². The molecule has 2 aromatic rings. The Morgan fingerprint density at radius 3 is 2.00 bits per heavy atom. The number of aromatic nitrogens is 1. The number of carboxylic acid groups (broad SMARTS) is 1. The van der Waals surface area contributed by atoms with Gasteiger partial charge in [0, 0.05) is 11.9 Å². The topological polar surface area (TPSA) is 148 Å². The van der Waals surface area contributed by atoms with E-state index in [9.17, 15) is 19.5 Å². The van der Waals surface area contributed by atoms with E-state index in [1.807, 2.05) is 0 Å². The molecule has 0 aliphatic rings. The van der Waals surface area contributed by atoms with Crippen molar-refractivity contribution in [1.29, 1.82) is 0 Å². The van der Waals surface area contributed by atoms with Crippen LogP contribution < -0.4 is 21.9 Å². The Morgan fingerprint density at radius 1 is 0.909 bits per heavy atom. The van der Waals surface area contributed by atoms with Gasteiger partial charge in [-0.05, 0) is 29.8 Å². The number of hydrogen-bond acceptors (Lipinski definition) is 5. The molecule has 0 unspecified atom stereocenters. The summed E-state index contributed by atoms with van der Waals surface area (Å²) in [4.78, 5) is 37.7. The molecule has 1 heterocycles. The average Bonchev–Trinajstić information content (AvgIpc) is 2.48.